The number of benzene rings is 2. The van der Waals surface area contributed by atoms with Crippen LogP contribution < -0.4 is 20.1 Å². The Morgan fingerprint density at radius 1 is 0.857 bits per heavy atom. The minimum absolute atomic E-state index is 0.380. The van der Waals surface area contributed by atoms with Crippen LogP contribution in [0.1, 0.15) is 10.4 Å². The number of nitrogens with zero attached hydrogens (tertiary/aromatic N) is 2. The van der Waals surface area contributed by atoms with E-state index in [1.807, 2.05) is 6.07 Å². The van der Waals surface area contributed by atoms with E-state index in [0.717, 1.165) is 11.4 Å². The summed E-state index contributed by atoms with van der Waals surface area (Å²) in [5.74, 6) is 1.88. The average molecular weight is 380 g/mol. The molecule has 1 aromatic heterocycles. The largest absolute Gasteiger partial charge is 0.493 e. The Hall–Kier alpha value is -3.81. The fraction of sp³-hybridized carbons (Fsp3) is 0.150. The number of ether oxygens (including phenoxy) is 3. The number of nitrogens with one attached hydrogen (secondary N) is 2. The Morgan fingerprint density at radius 2 is 1.57 bits per heavy atom. The molecule has 0 aliphatic heterocycles. The van der Waals surface area contributed by atoms with Gasteiger partial charge in [0.1, 0.15) is 5.82 Å². The average Bonchev–Trinajstić information content (AvgIpc) is 2.74. The van der Waals surface area contributed by atoms with Gasteiger partial charge in [0.2, 0.25) is 5.95 Å². The van der Waals surface area contributed by atoms with Crippen LogP contribution in [-0.2, 0) is 4.74 Å². The summed E-state index contributed by atoms with van der Waals surface area (Å²) in [7, 11) is 4.51. The number of anilines is 4. The third-order valence-corrected chi connectivity index (χ3v) is 3.87. The van der Waals surface area contributed by atoms with E-state index in [1.165, 1.54) is 7.11 Å². The summed E-state index contributed by atoms with van der Waals surface area (Å²) >= 11 is 0. The SMILES string of the molecule is COC(=O)c1ccc(Nc2ccnc(Nc3ccc(OC)c(OC)c3)n2)cc1. The Balaban J connectivity index is 1.73. The topological polar surface area (TPSA) is 94.6 Å². The first-order chi connectivity index (χ1) is 13.6. The Kier molecular flexibility index (Phi) is 5.91. The second-order valence-electron chi connectivity index (χ2n) is 5.65. The summed E-state index contributed by atoms with van der Waals surface area (Å²) in [5.41, 5.74) is 2.02. The van der Waals surface area contributed by atoms with Gasteiger partial charge in [0.15, 0.2) is 11.5 Å². The summed E-state index contributed by atoms with van der Waals surface area (Å²) in [4.78, 5) is 20.2. The maximum Gasteiger partial charge on any atom is 0.337 e. The Bertz CT molecular complexity index is 961. The predicted molar refractivity (Wildman–Crippen MR) is 106 cm³/mol. The lowest BCUT2D eigenvalue weighted by atomic mass is 10.2. The van der Waals surface area contributed by atoms with Crippen molar-refractivity contribution in [2.24, 2.45) is 0 Å². The van der Waals surface area contributed by atoms with E-state index >= 15 is 0 Å². The van der Waals surface area contributed by atoms with Crippen LogP contribution in [0.3, 0.4) is 0 Å². The Morgan fingerprint density at radius 3 is 2.25 bits per heavy atom. The molecule has 0 radical (unpaired) electrons. The smallest absolute Gasteiger partial charge is 0.337 e. The summed E-state index contributed by atoms with van der Waals surface area (Å²) in [5, 5.41) is 6.30. The van der Waals surface area contributed by atoms with Gasteiger partial charge < -0.3 is 24.8 Å². The van der Waals surface area contributed by atoms with E-state index in [-0.39, 0.29) is 5.97 Å². The molecule has 0 aliphatic carbocycles. The molecule has 0 spiro atoms. The van der Waals surface area contributed by atoms with E-state index in [2.05, 4.69) is 20.6 Å². The van der Waals surface area contributed by atoms with E-state index in [0.29, 0.717) is 28.8 Å². The highest BCUT2D eigenvalue weighted by Gasteiger charge is 2.07. The molecule has 0 unspecified atom stereocenters. The molecular formula is C20H20N4O4. The fourth-order valence-electron chi connectivity index (χ4n) is 2.49. The van der Waals surface area contributed by atoms with Crippen LogP contribution in [0.4, 0.5) is 23.1 Å². The van der Waals surface area contributed by atoms with Crippen molar-refractivity contribution >= 4 is 29.1 Å². The Labute approximate surface area is 162 Å². The molecule has 28 heavy (non-hydrogen) atoms. The molecule has 0 aliphatic rings. The van der Waals surface area contributed by atoms with Crippen molar-refractivity contribution in [1.29, 1.82) is 0 Å². The zero-order chi connectivity index (χ0) is 19.9. The van der Waals surface area contributed by atoms with Gasteiger partial charge in [-0.25, -0.2) is 9.78 Å². The number of hydrogen-bond acceptors (Lipinski definition) is 8. The molecule has 2 N–H and O–H groups in total. The highest BCUT2D eigenvalue weighted by Crippen LogP contribution is 2.30. The number of carbonyl (C=O) groups excluding carboxylic acids is 1. The monoisotopic (exact) mass is 380 g/mol. The highest BCUT2D eigenvalue weighted by molar-refractivity contribution is 5.89. The molecule has 0 atom stereocenters. The lowest BCUT2D eigenvalue weighted by Gasteiger charge is -2.11. The zero-order valence-electron chi connectivity index (χ0n) is 15.7. The maximum absolute atomic E-state index is 11.5. The van der Waals surface area contributed by atoms with Gasteiger partial charge in [-0.15, -0.1) is 0 Å². The first-order valence-corrected chi connectivity index (χ1v) is 8.40. The summed E-state index contributed by atoms with van der Waals surface area (Å²) in [6.07, 6.45) is 1.64. The number of hydrogen-bond donors (Lipinski definition) is 2. The second-order valence-corrected chi connectivity index (χ2v) is 5.65. The minimum atomic E-state index is -0.380. The van der Waals surface area contributed by atoms with Crippen molar-refractivity contribution in [1.82, 2.24) is 9.97 Å². The third kappa shape index (κ3) is 4.47. The number of aromatic nitrogens is 2. The quantitative estimate of drug-likeness (QED) is 0.598. The van der Waals surface area contributed by atoms with Gasteiger partial charge in [0.05, 0.1) is 26.9 Å². The zero-order valence-corrected chi connectivity index (χ0v) is 15.7. The van der Waals surface area contributed by atoms with E-state index in [1.54, 1.807) is 62.9 Å². The lowest BCUT2D eigenvalue weighted by Crippen LogP contribution is -2.02. The van der Waals surface area contributed by atoms with Crippen LogP contribution in [0.2, 0.25) is 0 Å². The van der Waals surface area contributed by atoms with Crippen molar-refractivity contribution < 1.29 is 19.0 Å². The highest BCUT2D eigenvalue weighted by atomic mass is 16.5. The molecule has 0 bridgehead atoms. The van der Waals surface area contributed by atoms with Crippen molar-refractivity contribution in [2.75, 3.05) is 32.0 Å². The molecule has 2 aromatic carbocycles. The van der Waals surface area contributed by atoms with Gasteiger partial charge >= 0.3 is 5.97 Å². The predicted octanol–water partition coefficient (Wildman–Crippen LogP) is 3.77. The molecule has 0 saturated carbocycles. The van der Waals surface area contributed by atoms with E-state index in [9.17, 15) is 4.79 Å². The van der Waals surface area contributed by atoms with Crippen molar-refractivity contribution in [3.8, 4) is 11.5 Å². The lowest BCUT2D eigenvalue weighted by molar-refractivity contribution is 0.0601. The van der Waals surface area contributed by atoms with Crippen molar-refractivity contribution in [3.63, 3.8) is 0 Å². The molecule has 3 aromatic rings. The fourth-order valence-corrected chi connectivity index (χ4v) is 2.49. The summed E-state index contributed by atoms with van der Waals surface area (Å²) in [6, 6.07) is 14.1. The van der Waals surface area contributed by atoms with Gasteiger partial charge in [-0.3, -0.25) is 0 Å². The molecule has 144 valence electrons. The number of methoxy groups -OCH3 is 3. The van der Waals surface area contributed by atoms with Gasteiger partial charge in [-0.2, -0.15) is 4.98 Å². The van der Waals surface area contributed by atoms with Crippen molar-refractivity contribution in [3.05, 3.63) is 60.3 Å². The molecule has 3 rings (SSSR count). The molecule has 1 heterocycles. The van der Waals surface area contributed by atoms with Crippen LogP contribution in [-0.4, -0.2) is 37.3 Å². The molecular weight excluding hydrogens is 360 g/mol. The van der Waals surface area contributed by atoms with Gasteiger partial charge in [-0.05, 0) is 42.5 Å². The number of carbonyl (C=O) groups is 1. The van der Waals surface area contributed by atoms with Crippen LogP contribution in [0.25, 0.3) is 0 Å². The van der Waals surface area contributed by atoms with E-state index in [4.69, 9.17) is 14.2 Å². The number of rotatable bonds is 7. The first kappa shape index (κ1) is 19.0. The summed E-state index contributed by atoms with van der Waals surface area (Å²) < 4.78 is 15.2. The standard InChI is InChI=1S/C20H20N4O4/c1-26-16-9-8-15(12-17(16)27-2)23-20-21-11-10-18(24-20)22-14-6-4-13(5-7-14)19(25)28-3/h4-12H,1-3H3,(H2,21,22,23,24). The molecule has 0 amide bonds. The van der Waals surface area contributed by atoms with E-state index < -0.39 is 0 Å². The molecule has 8 heteroatoms. The molecule has 8 nitrogen and oxygen atoms in total. The minimum Gasteiger partial charge on any atom is -0.493 e. The normalized spacial score (nSPS) is 10.1. The van der Waals surface area contributed by atoms with Crippen LogP contribution in [0.5, 0.6) is 11.5 Å². The van der Waals surface area contributed by atoms with Gasteiger partial charge in [-0.1, -0.05) is 0 Å². The van der Waals surface area contributed by atoms with Crippen LogP contribution in [0, 0.1) is 0 Å². The number of esters is 1. The van der Waals surface area contributed by atoms with Crippen molar-refractivity contribution in [2.45, 2.75) is 0 Å². The van der Waals surface area contributed by atoms with Gasteiger partial charge in [0, 0.05) is 23.6 Å². The summed E-state index contributed by atoms with van der Waals surface area (Å²) in [6.45, 7) is 0. The molecule has 0 fully saturated rings. The van der Waals surface area contributed by atoms with Crippen LogP contribution in [0.15, 0.2) is 54.7 Å². The third-order valence-electron chi connectivity index (χ3n) is 3.87. The van der Waals surface area contributed by atoms with Crippen LogP contribution >= 0.6 is 0 Å². The van der Waals surface area contributed by atoms with Gasteiger partial charge in [0.25, 0.3) is 0 Å². The second kappa shape index (κ2) is 8.72. The first-order valence-electron chi connectivity index (χ1n) is 8.40. The molecule has 0 saturated heterocycles. The maximum atomic E-state index is 11.5.